The lowest BCUT2D eigenvalue weighted by molar-refractivity contribution is 0.604. The quantitative estimate of drug-likeness (QED) is 0.436. The Balaban J connectivity index is 1.42. The molecule has 2 aromatic carbocycles. The summed E-state index contributed by atoms with van der Waals surface area (Å²) < 4.78 is 4.18. The molecule has 0 radical (unpaired) electrons. The standard InChI is InChI=1S/C24H23N7/c1-15(2)31-14-26-29-24(31)18-8-9-21-20(11-18)23(28-27-21)17-4-3-5-19(10-17)30-12-22(25-13-30)16-6-7-16/h3-5,8-16H,6-7H2,1-2H3,(H,27,28). The topological polar surface area (TPSA) is 77.2 Å². The van der Waals surface area contributed by atoms with Gasteiger partial charge in [-0.2, -0.15) is 5.10 Å². The van der Waals surface area contributed by atoms with E-state index in [1.807, 2.05) is 6.33 Å². The van der Waals surface area contributed by atoms with Crippen molar-refractivity contribution in [2.45, 2.75) is 38.6 Å². The molecule has 1 saturated carbocycles. The predicted octanol–water partition coefficient (Wildman–Crippen LogP) is 5.13. The zero-order valence-electron chi connectivity index (χ0n) is 17.5. The molecular weight excluding hydrogens is 386 g/mol. The van der Waals surface area contributed by atoms with E-state index in [9.17, 15) is 0 Å². The average molecular weight is 409 g/mol. The lowest BCUT2D eigenvalue weighted by Gasteiger charge is -2.10. The van der Waals surface area contributed by atoms with Crippen LogP contribution in [0, 0.1) is 0 Å². The maximum atomic E-state index is 4.63. The van der Waals surface area contributed by atoms with E-state index in [1.165, 1.54) is 18.5 Å². The van der Waals surface area contributed by atoms with E-state index in [2.05, 4.69) is 97.0 Å². The van der Waals surface area contributed by atoms with Crippen LogP contribution in [0.15, 0.2) is 61.3 Å². The Morgan fingerprint density at radius 1 is 1.03 bits per heavy atom. The van der Waals surface area contributed by atoms with Crippen molar-refractivity contribution in [2.75, 3.05) is 0 Å². The molecule has 1 aliphatic carbocycles. The summed E-state index contributed by atoms with van der Waals surface area (Å²) in [6.07, 6.45) is 8.35. The molecule has 1 fully saturated rings. The van der Waals surface area contributed by atoms with Crippen LogP contribution in [0.5, 0.6) is 0 Å². The normalized spacial score (nSPS) is 14.0. The van der Waals surface area contributed by atoms with Crippen molar-refractivity contribution in [3.8, 4) is 28.3 Å². The van der Waals surface area contributed by atoms with Crippen LogP contribution in [0.4, 0.5) is 0 Å². The molecule has 6 rings (SSSR count). The molecule has 0 saturated heterocycles. The first-order valence-corrected chi connectivity index (χ1v) is 10.7. The zero-order chi connectivity index (χ0) is 20.9. The van der Waals surface area contributed by atoms with Crippen molar-refractivity contribution in [1.29, 1.82) is 0 Å². The number of nitrogens with one attached hydrogen (secondary N) is 1. The molecule has 0 bridgehead atoms. The first-order chi connectivity index (χ1) is 15.2. The first-order valence-electron chi connectivity index (χ1n) is 10.7. The van der Waals surface area contributed by atoms with Crippen LogP contribution in [-0.4, -0.2) is 34.5 Å². The van der Waals surface area contributed by atoms with E-state index in [1.54, 1.807) is 6.33 Å². The summed E-state index contributed by atoms with van der Waals surface area (Å²) in [6.45, 7) is 4.26. The smallest absolute Gasteiger partial charge is 0.164 e. The highest BCUT2D eigenvalue weighted by Gasteiger charge is 2.25. The fraction of sp³-hybridized carbons (Fsp3) is 0.250. The molecule has 3 aromatic heterocycles. The van der Waals surface area contributed by atoms with E-state index in [4.69, 9.17) is 0 Å². The Hall–Kier alpha value is -3.74. The molecule has 7 nitrogen and oxygen atoms in total. The van der Waals surface area contributed by atoms with E-state index in [-0.39, 0.29) is 6.04 Å². The summed E-state index contributed by atoms with van der Waals surface area (Å²) >= 11 is 0. The Morgan fingerprint density at radius 3 is 2.77 bits per heavy atom. The second-order valence-corrected chi connectivity index (χ2v) is 8.52. The van der Waals surface area contributed by atoms with Crippen molar-refractivity contribution in [2.24, 2.45) is 0 Å². The molecule has 0 amide bonds. The summed E-state index contributed by atoms with van der Waals surface area (Å²) in [5, 5.41) is 17.3. The number of imidazole rings is 1. The molecule has 7 heteroatoms. The number of nitrogens with zero attached hydrogens (tertiary/aromatic N) is 6. The van der Waals surface area contributed by atoms with Gasteiger partial charge in [0.05, 0.1) is 23.2 Å². The monoisotopic (exact) mass is 409 g/mol. The molecular formula is C24H23N7. The fourth-order valence-electron chi connectivity index (χ4n) is 4.08. The SMILES string of the molecule is CC(C)n1cnnc1-c1ccc2[nH]nc(-c3cccc(-n4cnc(C5CC5)c4)c3)c2c1. The van der Waals surface area contributed by atoms with Gasteiger partial charge in [0.1, 0.15) is 6.33 Å². The number of rotatable bonds is 5. The second-order valence-electron chi connectivity index (χ2n) is 8.52. The van der Waals surface area contributed by atoms with E-state index >= 15 is 0 Å². The van der Waals surface area contributed by atoms with Crippen molar-refractivity contribution in [1.82, 2.24) is 34.5 Å². The number of hydrogen-bond acceptors (Lipinski definition) is 4. The minimum absolute atomic E-state index is 0.289. The molecule has 5 aromatic rings. The molecule has 0 aliphatic heterocycles. The highest BCUT2D eigenvalue weighted by atomic mass is 15.3. The predicted molar refractivity (Wildman–Crippen MR) is 120 cm³/mol. The minimum Gasteiger partial charge on any atom is -0.311 e. The number of benzene rings is 2. The van der Waals surface area contributed by atoms with Crippen molar-refractivity contribution >= 4 is 10.9 Å². The number of H-pyrrole nitrogens is 1. The van der Waals surface area contributed by atoms with Gasteiger partial charge in [-0.3, -0.25) is 5.10 Å². The van der Waals surface area contributed by atoms with Crippen molar-refractivity contribution in [3.05, 3.63) is 67.0 Å². The van der Waals surface area contributed by atoms with E-state index < -0.39 is 0 Å². The molecule has 31 heavy (non-hydrogen) atoms. The zero-order valence-corrected chi connectivity index (χ0v) is 17.5. The second kappa shape index (κ2) is 6.91. The van der Waals surface area contributed by atoms with Crippen LogP contribution in [0.25, 0.3) is 39.2 Å². The Bertz CT molecular complexity index is 1380. The first kappa shape index (κ1) is 18.1. The van der Waals surface area contributed by atoms with Crippen LogP contribution in [0.3, 0.4) is 0 Å². The van der Waals surface area contributed by atoms with Crippen LogP contribution >= 0.6 is 0 Å². The summed E-state index contributed by atoms with van der Waals surface area (Å²) in [4.78, 5) is 4.59. The number of aromatic nitrogens is 7. The largest absolute Gasteiger partial charge is 0.311 e. The summed E-state index contributed by atoms with van der Waals surface area (Å²) in [6, 6.07) is 15.0. The molecule has 0 atom stereocenters. The summed E-state index contributed by atoms with van der Waals surface area (Å²) in [7, 11) is 0. The number of fused-ring (bicyclic) bond motifs is 1. The molecule has 1 N–H and O–H groups in total. The lowest BCUT2D eigenvalue weighted by Crippen LogP contribution is -2.01. The minimum atomic E-state index is 0.289. The summed E-state index contributed by atoms with van der Waals surface area (Å²) in [5.41, 5.74) is 6.29. The van der Waals surface area contributed by atoms with Gasteiger partial charge in [-0.15, -0.1) is 10.2 Å². The Labute approximate surface area is 179 Å². The third-order valence-electron chi connectivity index (χ3n) is 5.97. The number of hydrogen-bond donors (Lipinski definition) is 1. The highest BCUT2D eigenvalue weighted by molar-refractivity contribution is 5.95. The van der Waals surface area contributed by atoms with E-state index in [0.717, 1.165) is 39.2 Å². The molecule has 3 heterocycles. The third kappa shape index (κ3) is 3.13. The van der Waals surface area contributed by atoms with Crippen LogP contribution in [0.1, 0.15) is 44.3 Å². The molecule has 1 aliphatic rings. The van der Waals surface area contributed by atoms with Gasteiger partial charge in [-0.1, -0.05) is 12.1 Å². The van der Waals surface area contributed by atoms with Crippen molar-refractivity contribution in [3.63, 3.8) is 0 Å². The van der Waals surface area contributed by atoms with Crippen LogP contribution in [0.2, 0.25) is 0 Å². The van der Waals surface area contributed by atoms with Crippen LogP contribution in [-0.2, 0) is 0 Å². The average Bonchev–Trinajstić information content (AvgIpc) is 3.21. The van der Waals surface area contributed by atoms with Gasteiger partial charge < -0.3 is 9.13 Å². The fourth-order valence-corrected chi connectivity index (χ4v) is 4.08. The van der Waals surface area contributed by atoms with Crippen LogP contribution < -0.4 is 0 Å². The van der Waals surface area contributed by atoms with Gasteiger partial charge >= 0.3 is 0 Å². The van der Waals surface area contributed by atoms with Gasteiger partial charge in [0.2, 0.25) is 0 Å². The van der Waals surface area contributed by atoms with E-state index in [0.29, 0.717) is 5.92 Å². The van der Waals surface area contributed by atoms with Gasteiger partial charge in [-0.05, 0) is 57.0 Å². The Morgan fingerprint density at radius 2 is 1.94 bits per heavy atom. The van der Waals surface area contributed by atoms with Crippen molar-refractivity contribution < 1.29 is 0 Å². The Kier molecular flexibility index (Phi) is 4.02. The molecule has 154 valence electrons. The third-order valence-corrected chi connectivity index (χ3v) is 5.97. The lowest BCUT2D eigenvalue weighted by atomic mass is 10.0. The molecule has 0 spiro atoms. The highest BCUT2D eigenvalue weighted by Crippen LogP contribution is 2.39. The maximum absolute atomic E-state index is 4.63. The van der Waals surface area contributed by atoms with Gasteiger partial charge in [0.25, 0.3) is 0 Å². The van der Waals surface area contributed by atoms with Gasteiger partial charge in [-0.25, -0.2) is 4.98 Å². The maximum Gasteiger partial charge on any atom is 0.164 e. The number of aromatic amines is 1. The van der Waals surface area contributed by atoms with Gasteiger partial charge in [0, 0.05) is 40.4 Å². The summed E-state index contributed by atoms with van der Waals surface area (Å²) in [5.74, 6) is 1.51. The molecule has 0 unspecified atom stereocenters. The van der Waals surface area contributed by atoms with Gasteiger partial charge in [0.15, 0.2) is 5.82 Å².